The van der Waals surface area contributed by atoms with E-state index in [9.17, 15) is 4.79 Å². The van der Waals surface area contributed by atoms with Crippen LogP contribution in [-0.4, -0.2) is 27.6 Å². The number of carbonyl (C=O) groups is 1. The van der Waals surface area contributed by atoms with Gasteiger partial charge in [-0.05, 0) is 49.9 Å². The number of aryl methyl sites for hydroxylation is 2. The Morgan fingerprint density at radius 1 is 1.19 bits per heavy atom. The van der Waals surface area contributed by atoms with E-state index in [1.165, 1.54) is 0 Å². The molecule has 1 fully saturated rings. The Labute approximate surface area is 158 Å². The van der Waals surface area contributed by atoms with Gasteiger partial charge in [0, 0.05) is 17.8 Å². The molecule has 1 aliphatic rings. The van der Waals surface area contributed by atoms with E-state index in [0.29, 0.717) is 18.3 Å². The first-order chi connectivity index (χ1) is 13.1. The van der Waals surface area contributed by atoms with Crippen molar-refractivity contribution in [2.75, 3.05) is 11.9 Å². The van der Waals surface area contributed by atoms with E-state index in [1.54, 1.807) is 4.90 Å². The number of likely N-dealkylation sites (tertiary alicyclic amines) is 1. The maximum absolute atomic E-state index is 12.8. The Balaban J connectivity index is 1.53. The predicted molar refractivity (Wildman–Crippen MR) is 103 cm³/mol. The van der Waals surface area contributed by atoms with Crippen molar-refractivity contribution in [3.05, 3.63) is 65.5 Å². The second kappa shape index (κ2) is 7.23. The summed E-state index contributed by atoms with van der Waals surface area (Å²) in [4.78, 5) is 19.1. The standard InChI is InChI=1S/C21H22N4O2/c1-14-7-5-9-16(13-14)22-21(26)25-12-6-11-18(25)20-23-19(24-27-20)17-10-4-3-8-15(17)2/h3-5,7-10,13,18H,6,11-12H2,1-2H3,(H,22,26)/t18-/m1/s1. The van der Waals surface area contributed by atoms with Crippen LogP contribution in [0, 0.1) is 13.8 Å². The molecule has 2 heterocycles. The van der Waals surface area contributed by atoms with Crippen molar-refractivity contribution < 1.29 is 9.32 Å². The van der Waals surface area contributed by atoms with E-state index < -0.39 is 0 Å². The lowest BCUT2D eigenvalue weighted by Gasteiger charge is -2.22. The number of aromatic nitrogens is 2. The summed E-state index contributed by atoms with van der Waals surface area (Å²) in [5.41, 5.74) is 3.92. The molecule has 1 aromatic heterocycles. The third-order valence-corrected chi connectivity index (χ3v) is 4.90. The van der Waals surface area contributed by atoms with Gasteiger partial charge in [-0.2, -0.15) is 4.98 Å². The zero-order chi connectivity index (χ0) is 18.8. The van der Waals surface area contributed by atoms with Crippen LogP contribution in [0.5, 0.6) is 0 Å². The molecule has 2 aromatic carbocycles. The number of urea groups is 1. The highest BCUT2D eigenvalue weighted by atomic mass is 16.5. The third-order valence-electron chi connectivity index (χ3n) is 4.90. The molecule has 27 heavy (non-hydrogen) atoms. The fraction of sp³-hybridized carbons (Fsp3) is 0.286. The summed E-state index contributed by atoms with van der Waals surface area (Å²) in [6.45, 7) is 4.69. The highest BCUT2D eigenvalue weighted by molar-refractivity contribution is 5.89. The first kappa shape index (κ1) is 17.3. The maximum Gasteiger partial charge on any atom is 0.322 e. The van der Waals surface area contributed by atoms with Crippen molar-refractivity contribution in [2.45, 2.75) is 32.7 Å². The topological polar surface area (TPSA) is 71.3 Å². The minimum absolute atomic E-state index is 0.140. The predicted octanol–water partition coefficient (Wildman–Crippen LogP) is 4.72. The Bertz CT molecular complexity index is 966. The summed E-state index contributed by atoms with van der Waals surface area (Å²) >= 11 is 0. The Kier molecular flexibility index (Phi) is 4.62. The van der Waals surface area contributed by atoms with Crippen LogP contribution in [0.1, 0.15) is 35.9 Å². The monoisotopic (exact) mass is 362 g/mol. The van der Waals surface area contributed by atoms with Gasteiger partial charge < -0.3 is 14.7 Å². The SMILES string of the molecule is Cc1cccc(NC(=O)N2CCC[C@@H]2c2nc(-c3ccccc3C)no2)c1. The summed E-state index contributed by atoms with van der Waals surface area (Å²) in [7, 11) is 0. The highest BCUT2D eigenvalue weighted by Gasteiger charge is 2.34. The molecule has 6 heteroatoms. The van der Waals surface area contributed by atoms with Crippen molar-refractivity contribution in [2.24, 2.45) is 0 Å². The largest absolute Gasteiger partial charge is 0.337 e. The van der Waals surface area contributed by atoms with Crippen LogP contribution in [0.2, 0.25) is 0 Å². The molecule has 0 unspecified atom stereocenters. The van der Waals surface area contributed by atoms with Gasteiger partial charge in [0.25, 0.3) is 0 Å². The average molecular weight is 362 g/mol. The van der Waals surface area contributed by atoms with E-state index in [0.717, 1.165) is 35.2 Å². The van der Waals surface area contributed by atoms with Crippen LogP contribution in [-0.2, 0) is 0 Å². The molecular weight excluding hydrogens is 340 g/mol. The van der Waals surface area contributed by atoms with Gasteiger partial charge in [-0.1, -0.05) is 41.6 Å². The molecule has 0 saturated carbocycles. The molecule has 1 saturated heterocycles. The smallest absolute Gasteiger partial charge is 0.322 e. The summed E-state index contributed by atoms with van der Waals surface area (Å²) in [5, 5.41) is 7.11. The zero-order valence-electron chi connectivity index (χ0n) is 15.5. The first-order valence-corrected chi connectivity index (χ1v) is 9.16. The molecule has 6 nitrogen and oxygen atoms in total. The molecule has 0 aliphatic carbocycles. The fourth-order valence-electron chi connectivity index (χ4n) is 3.49. The van der Waals surface area contributed by atoms with Gasteiger partial charge in [-0.3, -0.25) is 0 Å². The van der Waals surface area contributed by atoms with Crippen LogP contribution in [0.25, 0.3) is 11.4 Å². The lowest BCUT2D eigenvalue weighted by Crippen LogP contribution is -2.34. The zero-order valence-corrected chi connectivity index (χ0v) is 15.5. The Morgan fingerprint density at radius 3 is 2.85 bits per heavy atom. The van der Waals surface area contributed by atoms with Crippen molar-refractivity contribution in [3.63, 3.8) is 0 Å². The number of amides is 2. The molecule has 0 spiro atoms. The van der Waals surface area contributed by atoms with Gasteiger partial charge >= 0.3 is 6.03 Å². The number of hydrogen-bond acceptors (Lipinski definition) is 4. The van der Waals surface area contributed by atoms with Crippen molar-refractivity contribution >= 4 is 11.7 Å². The van der Waals surface area contributed by atoms with Gasteiger partial charge in [-0.15, -0.1) is 0 Å². The third kappa shape index (κ3) is 3.56. The lowest BCUT2D eigenvalue weighted by molar-refractivity contribution is 0.193. The number of rotatable bonds is 3. The molecule has 4 rings (SSSR count). The summed E-state index contributed by atoms with van der Waals surface area (Å²) in [5.74, 6) is 1.05. The number of nitrogens with zero attached hydrogens (tertiary/aromatic N) is 3. The molecular formula is C21H22N4O2. The van der Waals surface area contributed by atoms with E-state index in [2.05, 4.69) is 15.5 Å². The van der Waals surface area contributed by atoms with Gasteiger partial charge in [0.1, 0.15) is 6.04 Å². The Hall–Kier alpha value is -3.15. The lowest BCUT2D eigenvalue weighted by atomic mass is 10.1. The van der Waals surface area contributed by atoms with Crippen LogP contribution in [0.3, 0.4) is 0 Å². The number of carbonyl (C=O) groups excluding carboxylic acids is 1. The molecule has 1 aliphatic heterocycles. The minimum Gasteiger partial charge on any atom is -0.337 e. The van der Waals surface area contributed by atoms with E-state index >= 15 is 0 Å². The number of benzene rings is 2. The number of hydrogen-bond donors (Lipinski definition) is 1. The molecule has 0 radical (unpaired) electrons. The summed E-state index contributed by atoms with van der Waals surface area (Å²) in [6, 6.07) is 15.4. The summed E-state index contributed by atoms with van der Waals surface area (Å²) in [6.07, 6.45) is 1.73. The van der Waals surface area contributed by atoms with E-state index in [-0.39, 0.29) is 12.1 Å². The normalized spacial score (nSPS) is 16.5. The van der Waals surface area contributed by atoms with Crippen molar-refractivity contribution in [1.29, 1.82) is 0 Å². The van der Waals surface area contributed by atoms with Gasteiger partial charge in [-0.25, -0.2) is 4.79 Å². The Morgan fingerprint density at radius 2 is 2.04 bits per heavy atom. The molecule has 138 valence electrons. The number of anilines is 1. The fourth-order valence-corrected chi connectivity index (χ4v) is 3.49. The van der Waals surface area contributed by atoms with Crippen molar-refractivity contribution in [3.8, 4) is 11.4 Å². The number of nitrogens with one attached hydrogen (secondary N) is 1. The molecule has 0 bridgehead atoms. The molecule has 2 amide bonds. The first-order valence-electron chi connectivity index (χ1n) is 9.16. The second-order valence-corrected chi connectivity index (χ2v) is 6.92. The van der Waals surface area contributed by atoms with Gasteiger partial charge in [0.2, 0.25) is 11.7 Å². The second-order valence-electron chi connectivity index (χ2n) is 6.92. The van der Waals surface area contributed by atoms with Crippen LogP contribution in [0.15, 0.2) is 53.1 Å². The highest BCUT2D eigenvalue weighted by Crippen LogP contribution is 2.33. The van der Waals surface area contributed by atoms with Gasteiger partial charge in [0.05, 0.1) is 0 Å². The van der Waals surface area contributed by atoms with Crippen molar-refractivity contribution in [1.82, 2.24) is 15.0 Å². The molecule has 1 atom stereocenters. The minimum atomic E-state index is -0.194. The van der Waals surface area contributed by atoms with E-state index in [1.807, 2.05) is 62.4 Å². The molecule has 3 aromatic rings. The molecule has 1 N–H and O–H groups in total. The maximum atomic E-state index is 12.8. The van der Waals surface area contributed by atoms with Crippen LogP contribution < -0.4 is 5.32 Å². The van der Waals surface area contributed by atoms with Gasteiger partial charge in [0.15, 0.2) is 0 Å². The van der Waals surface area contributed by atoms with E-state index in [4.69, 9.17) is 4.52 Å². The van der Waals surface area contributed by atoms with Crippen LogP contribution in [0.4, 0.5) is 10.5 Å². The van der Waals surface area contributed by atoms with Crippen LogP contribution >= 0.6 is 0 Å². The average Bonchev–Trinajstić information content (AvgIpc) is 3.31. The summed E-state index contributed by atoms with van der Waals surface area (Å²) < 4.78 is 5.52. The quantitative estimate of drug-likeness (QED) is 0.732.